The maximum atomic E-state index is 12.0. The van der Waals surface area contributed by atoms with Crippen molar-refractivity contribution in [3.63, 3.8) is 0 Å². The Kier molecular flexibility index (Phi) is 6.13. The third-order valence-electron chi connectivity index (χ3n) is 4.85. The van der Waals surface area contributed by atoms with Crippen molar-refractivity contribution in [2.45, 2.75) is 45.4 Å². The number of aromatic amines is 1. The summed E-state index contributed by atoms with van der Waals surface area (Å²) in [5.74, 6) is 3.11. The SMILES string of the molecule is CC(C)CC(=O)Cc1ccc(Nc2ncc(Br)c(Nc3cc(C4CC4)[nH]n3)n2)cc1. The van der Waals surface area contributed by atoms with Crippen LogP contribution in [-0.2, 0) is 11.2 Å². The molecule has 1 aliphatic rings. The third kappa shape index (κ3) is 5.44. The van der Waals surface area contributed by atoms with Crippen LogP contribution in [0.25, 0.3) is 0 Å². The minimum absolute atomic E-state index is 0.265. The number of H-pyrrole nitrogens is 1. The first-order valence-corrected chi connectivity index (χ1v) is 11.0. The quantitative estimate of drug-likeness (QED) is 0.384. The zero-order chi connectivity index (χ0) is 21.1. The van der Waals surface area contributed by atoms with Crippen molar-refractivity contribution in [1.82, 2.24) is 20.2 Å². The monoisotopic (exact) mass is 468 g/mol. The number of ketones is 1. The van der Waals surface area contributed by atoms with E-state index in [1.54, 1.807) is 6.20 Å². The second-order valence-corrected chi connectivity index (χ2v) is 8.99. The van der Waals surface area contributed by atoms with Gasteiger partial charge in [-0.3, -0.25) is 9.89 Å². The maximum absolute atomic E-state index is 12.0. The van der Waals surface area contributed by atoms with E-state index in [1.807, 2.05) is 30.3 Å². The summed E-state index contributed by atoms with van der Waals surface area (Å²) >= 11 is 3.49. The number of nitrogens with one attached hydrogen (secondary N) is 3. The molecule has 0 radical (unpaired) electrons. The molecule has 1 saturated carbocycles. The van der Waals surface area contributed by atoms with Crippen LogP contribution in [0.3, 0.4) is 0 Å². The fraction of sp³-hybridized carbons (Fsp3) is 0.364. The van der Waals surface area contributed by atoms with E-state index in [2.05, 4.69) is 60.6 Å². The van der Waals surface area contributed by atoms with Gasteiger partial charge in [0, 0.05) is 42.4 Å². The van der Waals surface area contributed by atoms with Gasteiger partial charge in [0.05, 0.1) is 4.47 Å². The fourth-order valence-electron chi connectivity index (χ4n) is 3.23. The predicted octanol–water partition coefficient (Wildman–Crippen LogP) is 5.48. The second-order valence-electron chi connectivity index (χ2n) is 8.13. The first kappa shape index (κ1) is 20.5. The molecular formula is C22H25BrN6O. The molecule has 0 unspecified atom stereocenters. The summed E-state index contributed by atoms with van der Waals surface area (Å²) in [5, 5.41) is 13.8. The van der Waals surface area contributed by atoms with Crippen LogP contribution in [0, 0.1) is 5.92 Å². The van der Waals surface area contributed by atoms with Crippen molar-refractivity contribution in [2.24, 2.45) is 5.92 Å². The van der Waals surface area contributed by atoms with Crippen molar-refractivity contribution >= 4 is 45.0 Å². The van der Waals surface area contributed by atoms with Crippen molar-refractivity contribution in [1.29, 1.82) is 0 Å². The number of nitrogens with zero attached hydrogens (tertiary/aromatic N) is 3. The summed E-state index contributed by atoms with van der Waals surface area (Å²) < 4.78 is 0.753. The number of benzene rings is 1. The lowest BCUT2D eigenvalue weighted by Crippen LogP contribution is -2.06. The summed E-state index contributed by atoms with van der Waals surface area (Å²) in [6, 6.07) is 9.82. The number of rotatable bonds is 9. The number of halogens is 1. The van der Waals surface area contributed by atoms with Crippen molar-refractivity contribution in [3.8, 4) is 0 Å². The molecule has 0 atom stereocenters. The lowest BCUT2D eigenvalue weighted by Gasteiger charge is -2.09. The summed E-state index contributed by atoms with van der Waals surface area (Å²) in [7, 11) is 0. The van der Waals surface area contributed by atoms with Gasteiger partial charge >= 0.3 is 0 Å². The van der Waals surface area contributed by atoms with Gasteiger partial charge in [0.1, 0.15) is 5.78 Å². The average molecular weight is 469 g/mol. The number of carbonyl (C=O) groups excluding carboxylic acids is 1. The summed E-state index contributed by atoms with van der Waals surface area (Å²) in [4.78, 5) is 20.9. The minimum atomic E-state index is 0.265. The van der Waals surface area contributed by atoms with Gasteiger partial charge in [-0.2, -0.15) is 10.1 Å². The van der Waals surface area contributed by atoms with Gasteiger partial charge in [0.2, 0.25) is 5.95 Å². The molecule has 0 spiro atoms. The lowest BCUT2D eigenvalue weighted by atomic mass is 10.0. The molecule has 4 rings (SSSR count). The van der Waals surface area contributed by atoms with Crippen LogP contribution in [-0.4, -0.2) is 25.9 Å². The largest absolute Gasteiger partial charge is 0.324 e. The Morgan fingerprint density at radius 2 is 2.00 bits per heavy atom. The Bertz CT molecular complexity index is 1030. The predicted molar refractivity (Wildman–Crippen MR) is 121 cm³/mol. The Morgan fingerprint density at radius 1 is 1.23 bits per heavy atom. The number of Topliss-reactive ketones (excluding diaryl/α,β-unsaturated/α-hetero) is 1. The Morgan fingerprint density at radius 3 is 2.70 bits per heavy atom. The number of anilines is 4. The normalized spacial score (nSPS) is 13.5. The maximum Gasteiger partial charge on any atom is 0.229 e. The van der Waals surface area contributed by atoms with Gasteiger partial charge in [-0.05, 0) is 52.4 Å². The average Bonchev–Trinajstić information content (AvgIpc) is 3.44. The first-order valence-electron chi connectivity index (χ1n) is 10.2. The standard InChI is InChI=1S/C22H25BrN6O/c1-13(2)9-17(30)10-14-3-7-16(8-4-14)25-22-24-12-18(23)21(27-22)26-20-11-19(28-29-20)15-5-6-15/h3-4,7-8,11-13,15H,5-6,9-10H2,1-2H3,(H3,24,25,26,27,28,29). The zero-order valence-corrected chi connectivity index (χ0v) is 18.7. The Labute approximate surface area is 184 Å². The molecule has 1 aromatic carbocycles. The second kappa shape index (κ2) is 8.95. The van der Waals surface area contributed by atoms with E-state index in [0.29, 0.717) is 36.4 Å². The highest BCUT2D eigenvalue weighted by Gasteiger charge is 2.25. The fourth-order valence-corrected chi connectivity index (χ4v) is 3.52. The number of carbonyl (C=O) groups is 1. The van der Waals surface area contributed by atoms with Crippen LogP contribution >= 0.6 is 15.9 Å². The molecule has 7 nitrogen and oxygen atoms in total. The van der Waals surface area contributed by atoms with Crippen molar-refractivity contribution in [2.75, 3.05) is 10.6 Å². The number of hydrogen-bond donors (Lipinski definition) is 3. The molecule has 8 heteroatoms. The molecule has 1 fully saturated rings. The highest BCUT2D eigenvalue weighted by atomic mass is 79.9. The van der Waals surface area contributed by atoms with Crippen LogP contribution in [0.4, 0.5) is 23.3 Å². The van der Waals surface area contributed by atoms with E-state index in [0.717, 1.165) is 27.2 Å². The molecule has 156 valence electrons. The summed E-state index contributed by atoms with van der Waals surface area (Å²) in [6.07, 6.45) is 5.22. The van der Waals surface area contributed by atoms with Crippen LogP contribution in [0.5, 0.6) is 0 Å². The van der Waals surface area contributed by atoms with Crippen molar-refractivity contribution < 1.29 is 4.79 Å². The van der Waals surface area contributed by atoms with Crippen molar-refractivity contribution in [3.05, 3.63) is 52.3 Å². The van der Waals surface area contributed by atoms with Crippen LogP contribution < -0.4 is 10.6 Å². The summed E-state index contributed by atoms with van der Waals surface area (Å²) in [6.45, 7) is 4.12. The van der Waals surface area contributed by atoms with Gasteiger partial charge in [-0.1, -0.05) is 26.0 Å². The van der Waals surface area contributed by atoms with E-state index in [1.165, 1.54) is 12.8 Å². The van der Waals surface area contributed by atoms with E-state index in [9.17, 15) is 4.79 Å². The van der Waals surface area contributed by atoms with Crippen LogP contribution in [0.2, 0.25) is 0 Å². The molecule has 30 heavy (non-hydrogen) atoms. The third-order valence-corrected chi connectivity index (χ3v) is 5.43. The highest BCUT2D eigenvalue weighted by Crippen LogP contribution is 2.39. The van der Waals surface area contributed by atoms with Gasteiger partial charge in [0.15, 0.2) is 11.6 Å². The summed E-state index contributed by atoms with van der Waals surface area (Å²) in [5.41, 5.74) is 3.03. The first-order chi connectivity index (χ1) is 14.5. The molecule has 0 saturated heterocycles. The molecule has 1 aliphatic carbocycles. The highest BCUT2D eigenvalue weighted by molar-refractivity contribution is 9.10. The van der Waals surface area contributed by atoms with Crippen LogP contribution in [0.1, 0.15) is 50.3 Å². The van der Waals surface area contributed by atoms with E-state index in [-0.39, 0.29) is 5.78 Å². The van der Waals surface area contributed by atoms with Gasteiger partial charge in [-0.25, -0.2) is 4.98 Å². The molecule has 2 heterocycles. The van der Waals surface area contributed by atoms with Gasteiger partial charge in [0.25, 0.3) is 0 Å². The van der Waals surface area contributed by atoms with E-state index >= 15 is 0 Å². The van der Waals surface area contributed by atoms with E-state index in [4.69, 9.17) is 0 Å². The van der Waals surface area contributed by atoms with Crippen LogP contribution in [0.15, 0.2) is 41.0 Å². The molecule has 2 aromatic heterocycles. The molecule has 3 aromatic rings. The Hall–Kier alpha value is -2.74. The molecule has 0 amide bonds. The number of hydrogen-bond acceptors (Lipinski definition) is 6. The Balaban J connectivity index is 1.40. The van der Waals surface area contributed by atoms with Gasteiger partial charge < -0.3 is 10.6 Å². The van der Waals surface area contributed by atoms with E-state index < -0.39 is 0 Å². The minimum Gasteiger partial charge on any atom is -0.324 e. The molecule has 0 aliphatic heterocycles. The molecule has 3 N–H and O–H groups in total. The molecule has 0 bridgehead atoms. The zero-order valence-electron chi connectivity index (χ0n) is 17.1. The number of aromatic nitrogens is 4. The lowest BCUT2D eigenvalue weighted by molar-refractivity contribution is -0.119. The topological polar surface area (TPSA) is 95.6 Å². The molecular weight excluding hydrogens is 444 g/mol. The van der Waals surface area contributed by atoms with Gasteiger partial charge in [-0.15, -0.1) is 0 Å². The smallest absolute Gasteiger partial charge is 0.229 e.